The van der Waals surface area contributed by atoms with Crippen molar-refractivity contribution in [2.75, 3.05) is 31.7 Å². The third-order valence-electron chi connectivity index (χ3n) is 2.27. The van der Waals surface area contributed by atoms with Gasteiger partial charge in [-0.15, -0.1) is 0 Å². The number of thiocarbonyl (C=S) groups is 1. The third kappa shape index (κ3) is 3.90. The molecule has 18 heavy (non-hydrogen) atoms. The summed E-state index contributed by atoms with van der Waals surface area (Å²) in [6.45, 7) is 0.266. The Labute approximate surface area is 112 Å². The number of pyridine rings is 1. The highest BCUT2D eigenvalue weighted by atomic mass is 32.2. The number of rotatable bonds is 6. The normalized spacial score (nSPS) is 11.5. The maximum Gasteiger partial charge on any atom is 0.215 e. The van der Waals surface area contributed by atoms with Crippen molar-refractivity contribution in [3.63, 3.8) is 0 Å². The standard InChI is InChI=1S/C10H16N4O2S2/c1-14(2)18(15,16)7-6-12-8-4-3-5-13-9(8)10(11)17/h3-5,12H,6-7H2,1-2H3,(H2,11,17). The molecule has 0 radical (unpaired) electrons. The Morgan fingerprint density at radius 2 is 2.22 bits per heavy atom. The van der Waals surface area contributed by atoms with Crippen molar-refractivity contribution in [2.45, 2.75) is 0 Å². The van der Waals surface area contributed by atoms with Gasteiger partial charge in [0.25, 0.3) is 0 Å². The van der Waals surface area contributed by atoms with E-state index in [2.05, 4.69) is 10.3 Å². The molecule has 0 amide bonds. The lowest BCUT2D eigenvalue weighted by Crippen LogP contribution is -2.28. The summed E-state index contributed by atoms with van der Waals surface area (Å²) in [5, 5.41) is 2.97. The van der Waals surface area contributed by atoms with Gasteiger partial charge >= 0.3 is 0 Å². The first-order chi connectivity index (χ1) is 8.34. The highest BCUT2D eigenvalue weighted by Crippen LogP contribution is 2.11. The van der Waals surface area contributed by atoms with Crippen molar-refractivity contribution < 1.29 is 8.42 Å². The topological polar surface area (TPSA) is 88.3 Å². The highest BCUT2D eigenvalue weighted by molar-refractivity contribution is 7.89. The fraction of sp³-hybridized carbons (Fsp3) is 0.400. The molecule has 0 saturated carbocycles. The molecule has 0 aliphatic heterocycles. The molecule has 0 bridgehead atoms. The van der Waals surface area contributed by atoms with Crippen LogP contribution in [0.5, 0.6) is 0 Å². The molecule has 1 aromatic rings. The molecule has 0 aliphatic carbocycles. The number of hydrogen-bond donors (Lipinski definition) is 2. The molecule has 0 aromatic carbocycles. The summed E-state index contributed by atoms with van der Waals surface area (Å²) >= 11 is 4.86. The zero-order chi connectivity index (χ0) is 13.8. The summed E-state index contributed by atoms with van der Waals surface area (Å²) in [6.07, 6.45) is 1.58. The lowest BCUT2D eigenvalue weighted by molar-refractivity contribution is 0.521. The minimum Gasteiger partial charge on any atom is -0.388 e. The lowest BCUT2D eigenvalue weighted by atomic mass is 10.3. The Kier molecular flexibility index (Phi) is 5.00. The van der Waals surface area contributed by atoms with Crippen LogP contribution in [0.3, 0.4) is 0 Å². The van der Waals surface area contributed by atoms with E-state index in [1.165, 1.54) is 18.4 Å². The summed E-state index contributed by atoms with van der Waals surface area (Å²) < 4.78 is 24.3. The van der Waals surface area contributed by atoms with Crippen LogP contribution in [-0.4, -0.2) is 49.1 Å². The Hall–Kier alpha value is -1.25. The second-order valence-corrected chi connectivity index (χ2v) is 6.53. The number of nitrogens with zero attached hydrogens (tertiary/aromatic N) is 2. The summed E-state index contributed by atoms with van der Waals surface area (Å²) in [4.78, 5) is 4.21. The first-order valence-electron chi connectivity index (χ1n) is 5.23. The highest BCUT2D eigenvalue weighted by Gasteiger charge is 2.13. The lowest BCUT2D eigenvalue weighted by Gasteiger charge is -2.13. The van der Waals surface area contributed by atoms with Crippen molar-refractivity contribution >= 4 is 32.9 Å². The zero-order valence-electron chi connectivity index (χ0n) is 10.3. The van der Waals surface area contributed by atoms with E-state index < -0.39 is 10.0 Å². The maximum atomic E-state index is 11.6. The van der Waals surface area contributed by atoms with E-state index in [9.17, 15) is 8.42 Å². The maximum absolute atomic E-state index is 11.6. The van der Waals surface area contributed by atoms with E-state index in [1.54, 1.807) is 18.3 Å². The molecular weight excluding hydrogens is 272 g/mol. The van der Waals surface area contributed by atoms with E-state index in [0.29, 0.717) is 11.4 Å². The number of aromatic nitrogens is 1. The molecule has 0 aliphatic rings. The Balaban J connectivity index is 2.68. The van der Waals surface area contributed by atoms with Gasteiger partial charge in [-0.25, -0.2) is 12.7 Å². The van der Waals surface area contributed by atoms with E-state index in [1.807, 2.05) is 0 Å². The summed E-state index contributed by atoms with van der Waals surface area (Å²) in [5.74, 6) is -0.00827. The van der Waals surface area contributed by atoms with Crippen LogP contribution >= 0.6 is 12.2 Å². The Morgan fingerprint density at radius 3 is 2.78 bits per heavy atom. The molecule has 8 heteroatoms. The molecule has 3 N–H and O–H groups in total. The van der Waals surface area contributed by atoms with E-state index in [-0.39, 0.29) is 17.3 Å². The average Bonchev–Trinajstić information content (AvgIpc) is 2.29. The van der Waals surface area contributed by atoms with Crippen LogP contribution in [0.2, 0.25) is 0 Å². The molecule has 1 heterocycles. The average molecular weight is 288 g/mol. The predicted molar refractivity (Wildman–Crippen MR) is 76.1 cm³/mol. The van der Waals surface area contributed by atoms with Crippen LogP contribution in [0.4, 0.5) is 5.69 Å². The van der Waals surface area contributed by atoms with Gasteiger partial charge in [0.2, 0.25) is 10.0 Å². The Bertz CT molecular complexity index is 528. The molecular formula is C10H16N4O2S2. The second-order valence-electron chi connectivity index (χ2n) is 3.79. The van der Waals surface area contributed by atoms with Crippen molar-refractivity contribution in [3.8, 4) is 0 Å². The number of sulfonamides is 1. The molecule has 1 aromatic heterocycles. The van der Waals surface area contributed by atoms with Gasteiger partial charge in [-0.2, -0.15) is 0 Å². The van der Waals surface area contributed by atoms with Crippen molar-refractivity contribution in [3.05, 3.63) is 24.0 Å². The molecule has 0 spiro atoms. The number of hydrogen-bond acceptors (Lipinski definition) is 5. The first-order valence-corrected chi connectivity index (χ1v) is 7.25. The van der Waals surface area contributed by atoms with Gasteiger partial charge in [-0.05, 0) is 12.1 Å². The molecule has 0 saturated heterocycles. The van der Waals surface area contributed by atoms with Gasteiger partial charge in [-0.3, -0.25) is 4.98 Å². The summed E-state index contributed by atoms with van der Waals surface area (Å²) in [5.41, 5.74) is 6.63. The molecule has 0 fully saturated rings. The molecule has 0 unspecified atom stereocenters. The minimum atomic E-state index is -3.22. The zero-order valence-corrected chi connectivity index (χ0v) is 11.9. The van der Waals surface area contributed by atoms with Crippen molar-refractivity contribution in [1.29, 1.82) is 0 Å². The molecule has 1 rings (SSSR count). The van der Waals surface area contributed by atoms with Crippen molar-refractivity contribution in [1.82, 2.24) is 9.29 Å². The fourth-order valence-corrected chi connectivity index (χ4v) is 2.13. The van der Waals surface area contributed by atoms with Crippen LogP contribution in [0.25, 0.3) is 0 Å². The van der Waals surface area contributed by atoms with E-state index in [0.717, 1.165) is 0 Å². The van der Waals surface area contributed by atoms with Gasteiger partial charge in [0.15, 0.2) is 0 Å². The molecule has 6 nitrogen and oxygen atoms in total. The van der Waals surface area contributed by atoms with Gasteiger partial charge in [0, 0.05) is 26.8 Å². The minimum absolute atomic E-state index is 0.00827. The number of nitrogens with two attached hydrogens (primary N) is 1. The van der Waals surface area contributed by atoms with Crippen LogP contribution in [0.1, 0.15) is 5.69 Å². The first kappa shape index (κ1) is 14.8. The number of anilines is 1. The van der Waals surface area contributed by atoms with Gasteiger partial charge in [0.05, 0.1) is 11.4 Å². The Morgan fingerprint density at radius 1 is 1.56 bits per heavy atom. The van der Waals surface area contributed by atoms with Crippen molar-refractivity contribution in [2.24, 2.45) is 5.73 Å². The number of nitrogens with one attached hydrogen (secondary N) is 1. The van der Waals surface area contributed by atoms with E-state index >= 15 is 0 Å². The SMILES string of the molecule is CN(C)S(=O)(=O)CCNc1cccnc1C(N)=S. The van der Waals surface area contributed by atoms with Gasteiger partial charge in [-0.1, -0.05) is 12.2 Å². The van der Waals surface area contributed by atoms with Crippen LogP contribution in [0.15, 0.2) is 18.3 Å². The van der Waals surface area contributed by atoms with E-state index in [4.69, 9.17) is 18.0 Å². The third-order valence-corrected chi connectivity index (χ3v) is 4.30. The molecule has 100 valence electrons. The van der Waals surface area contributed by atoms with Crippen LogP contribution in [0, 0.1) is 0 Å². The smallest absolute Gasteiger partial charge is 0.215 e. The van der Waals surface area contributed by atoms with Gasteiger partial charge < -0.3 is 11.1 Å². The largest absolute Gasteiger partial charge is 0.388 e. The quantitative estimate of drug-likeness (QED) is 0.717. The van der Waals surface area contributed by atoms with Crippen LogP contribution in [-0.2, 0) is 10.0 Å². The van der Waals surface area contributed by atoms with Gasteiger partial charge in [0.1, 0.15) is 10.7 Å². The predicted octanol–water partition coefficient (Wildman–Crippen LogP) is 0.0191. The van der Waals surface area contributed by atoms with Crippen LogP contribution < -0.4 is 11.1 Å². The summed E-state index contributed by atoms with van der Waals surface area (Å²) in [6, 6.07) is 3.48. The monoisotopic (exact) mass is 288 g/mol. The fourth-order valence-electron chi connectivity index (χ4n) is 1.24. The molecule has 0 atom stereocenters. The summed E-state index contributed by atoms with van der Waals surface area (Å²) in [7, 11) is -0.215. The second kappa shape index (κ2) is 6.07.